The molecule has 0 aliphatic carbocycles. The molecule has 118 valence electrons. The summed E-state index contributed by atoms with van der Waals surface area (Å²) in [7, 11) is -2.11. The van der Waals surface area contributed by atoms with Crippen LogP contribution in [0, 0.1) is 13.8 Å². The van der Waals surface area contributed by atoms with Gasteiger partial charge in [0.2, 0.25) is 0 Å². The van der Waals surface area contributed by atoms with Crippen LogP contribution in [0.4, 0.5) is 0 Å². The molecule has 0 spiro atoms. The summed E-state index contributed by atoms with van der Waals surface area (Å²) in [5.74, 6) is 0. The molecule has 2 aromatic carbocycles. The van der Waals surface area contributed by atoms with E-state index in [-0.39, 0.29) is 0 Å². The van der Waals surface area contributed by atoms with Gasteiger partial charge in [-0.15, -0.1) is 0 Å². The molecule has 2 aromatic rings. The number of rotatable bonds is 7. The smallest absolute Gasteiger partial charge is 0.255 e. The SMILES string of the molecule is CCCC[Si](OCC)(c1ccc(C)cc1)c1ccc(C)cc1. The quantitative estimate of drug-likeness (QED) is 0.696. The van der Waals surface area contributed by atoms with Crippen LogP contribution in [0.1, 0.15) is 37.8 Å². The minimum atomic E-state index is -2.11. The fraction of sp³-hybridized carbons (Fsp3) is 0.400. The molecule has 0 aliphatic heterocycles. The first-order chi connectivity index (χ1) is 10.6. The van der Waals surface area contributed by atoms with Crippen molar-refractivity contribution in [2.75, 3.05) is 6.61 Å². The van der Waals surface area contributed by atoms with Gasteiger partial charge in [-0.25, -0.2) is 0 Å². The molecule has 2 heteroatoms. The summed E-state index contributed by atoms with van der Waals surface area (Å²) in [5.41, 5.74) is 2.62. The molecule has 2 rings (SSSR count). The Morgan fingerprint density at radius 2 is 1.23 bits per heavy atom. The van der Waals surface area contributed by atoms with Gasteiger partial charge in [-0.05, 0) is 37.2 Å². The van der Waals surface area contributed by atoms with Crippen LogP contribution >= 0.6 is 0 Å². The lowest BCUT2D eigenvalue weighted by Gasteiger charge is -2.32. The van der Waals surface area contributed by atoms with E-state index >= 15 is 0 Å². The highest BCUT2D eigenvalue weighted by molar-refractivity contribution is 6.97. The Morgan fingerprint density at radius 3 is 1.59 bits per heavy atom. The van der Waals surface area contributed by atoms with Crippen LogP contribution in [0.5, 0.6) is 0 Å². The second-order valence-electron chi connectivity index (χ2n) is 6.10. The van der Waals surface area contributed by atoms with Crippen LogP contribution in [0.3, 0.4) is 0 Å². The molecular weight excluding hydrogens is 284 g/mol. The van der Waals surface area contributed by atoms with Crippen LogP contribution < -0.4 is 10.4 Å². The van der Waals surface area contributed by atoms with Gasteiger partial charge in [0.25, 0.3) is 8.32 Å². The van der Waals surface area contributed by atoms with Gasteiger partial charge in [0.15, 0.2) is 0 Å². The summed E-state index contributed by atoms with van der Waals surface area (Å²) < 4.78 is 6.52. The van der Waals surface area contributed by atoms with Crippen molar-refractivity contribution in [1.29, 1.82) is 0 Å². The van der Waals surface area contributed by atoms with E-state index < -0.39 is 8.32 Å². The Bertz CT molecular complexity index is 526. The lowest BCUT2D eigenvalue weighted by molar-refractivity contribution is 0.337. The maximum Gasteiger partial charge on any atom is 0.255 e. The monoisotopic (exact) mass is 312 g/mol. The Kier molecular flexibility index (Phi) is 5.98. The van der Waals surface area contributed by atoms with E-state index in [9.17, 15) is 0 Å². The zero-order valence-electron chi connectivity index (χ0n) is 14.4. The van der Waals surface area contributed by atoms with Gasteiger partial charge >= 0.3 is 0 Å². The van der Waals surface area contributed by atoms with Crippen molar-refractivity contribution in [3.05, 3.63) is 59.7 Å². The first kappa shape index (κ1) is 17.0. The fourth-order valence-electron chi connectivity index (χ4n) is 3.01. The maximum atomic E-state index is 6.52. The first-order valence-corrected chi connectivity index (χ1v) is 10.5. The van der Waals surface area contributed by atoms with E-state index in [1.165, 1.54) is 34.3 Å². The van der Waals surface area contributed by atoms with Gasteiger partial charge in [0.05, 0.1) is 0 Å². The summed E-state index contributed by atoms with van der Waals surface area (Å²) in [4.78, 5) is 0. The molecule has 0 heterocycles. The number of benzene rings is 2. The molecule has 0 atom stereocenters. The summed E-state index contributed by atoms with van der Waals surface area (Å²) >= 11 is 0. The van der Waals surface area contributed by atoms with Gasteiger partial charge in [0.1, 0.15) is 0 Å². The van der Waals surface area contributed by atoms with Crippen LogP contribution in [-0.4, -0.2) is 14.9 Å². The molecule has 0 aliphatic rings. The van der Waals surface area contributed by atoms with Gasteiger partial charge in [-0.2, -0.15) is 0 Å². The molecule has 0 unspecified atom stereocenters. The van der Waals surface area contributed by atoms with Crippen LogP contribution in [0.15, 0.2) is 48.5 Å². The number of hydrogen-bond acceptors (Lipinski definition) is 1. The Morgan fingerprint density at radius 1 is 0.773 bits per heavy atom. The molecule has 0 aromatic heterocycles. The van der Waals surface area contributed by atoms with Crippen molar-refractivity contribution in [2.24, 2.45) is 0 Å². The summed E-state index contributed by atoms with van der Waals surface area (Å²) in [6, 6.07) is 19.2. The highest BCUT2D eigenvalue weighted by atomic mass is 28.4. The van der Waals surface area contributed by atoms with E-state index in [0.29, 0.717) is 0 Å². The predicted octanol–water partition coefficient (Wildman–Crippen LogP) is 4.20. The third kappa shape index (κ3) is 3.68. The fourth-order valence-corrected chi connectivity index (χ4v) is 7.15. The highest BCUT2D eigenvalue weighted by Gasteiger charge is 2.38. The van der Waals surface area contributed by atoms with Crippen molar-refractivity contribution in [3.63, 3.8) is 0 Å². The van der Waals surface area contributed by atoms with Crippen molar-refractivity contribution < 1.29 is 4.43 Å². The van der Waals surface area contributed by atoms with E-state index in [2.05, 4.69) is 76.2 Å². The lowest BCUT2D eigenvalue weighted by Crippen LogP contribution is -2.60. The minimum absolute atomic E-state index is 0.775. The van der Waals surface area contributed by atoms with Crippen LogP contribution in [0.25, 0.3) is 0 Å². The Hall–Kier alpha value is -1.38. The highest BCUT2D eigenvalue weighted by Crippen LogP contribution is 2.18. The Balaban J connectivity index is 2.53. The molecule has 1 nitrogen and oxygen atoms in total. The van der Waals surface area contributed by atoms with E-state index in [1.807, 2.05) is 0 Å². The number of aryl methyl sites for hydroxylation is 2. The first-order valence-electron chi connectivity index (χ1n) is 8.40. The molecule has 0 saturated carbocycles. The van der Waals surface area contributed by atoms with Crippen LogP contribution in [-0.2, 0) is 4.43 Å². The Labute approximate surface area is 136 Å². The standard InChI is InChI=1S/C20H28OSi/c1-5-7-16-22(21-6-2,19-12-8-17(3)9-13-19)20-14-10-18(4)11-15-20/h8-15H,5-7,16H2,1-4H3. The molecule has 0 bridgehead atoms. The largest absolute Gasteiger partial charge is 0.408 e. The molecule has 0 N–H and O–H groups in total. The zero-order valence-corrected chi connectivity index (χ0v) is 15.4. The average Bonchev–Trinajstić information content (AvgIpc) is 2.53. The molecule has 0 fully saturated rings. The summed E-state index contributed by atoms with van der Waals surface area (Å²) in [6.07, 6.45) is 2.42. The molecular formula is C20H28OSi. The van der Waals surface area contributed by atoms with Crippen molar-refractivity contribution in [3.8, 4) is 0 Å². The van der Waals surface area contributed by atoms with Crippen molar-refractivity contribution in [2.45, 2.75) is 46.6 Å². The second-order valence-corrected chi connectivity index (χ2v) is 9.69. The van der Waals surface area contributed by atoms with E-state index in [4.69, 9.17) is 4.43 Å². The lowest BCUT2D eigenvalue weighted by atomic mass is 10.2. The predicted molar refractivity (Wildman–Crippen MR) is 98.7 cm³/mol. The van der Waals surface area contributed by atoms with Gasteiger partial charge in [0, 0.05) is 6.61 Å². The van der Waals surface area contributed by atoms with Crippen molar-refractivity contribution in [1.82, 2.24) is 0 Å². The topological polar surface area (TPSA) is 9.23 Å². The van der Waals surface area contributed by atoms with E-state index in [1.54, 1.807) is 0 Å². The molecule has 0 saturated heterocycles. The summed E-state index contributed by atoms with van der Waals surface area (Å²) in [6.45, 7) is 9.44. The van der Waals surface area contributed by atoms with Gasteiger partial charge in [-0.1, -0.05) is 79.4 Å². The molecule has 22 heavy (non-hydrogen) atoms. The van der Waals surface area contributed by atoms with Crippen molar-refractivity contribution >= 4 is 18.7 Å². The van der Waals surface area contributed by atoms with Crippen LogP contribution in [0.2, 0.25) is 6.04 Å². The third-order valence-electron chi connectivity index (χ3n) is 4.31. The van der Waals surface area contributed by atoms with Gasteiger partial charge < -0.3 is 4.43 Å². The minimum Gasteiger partial charge on any atom is -0.408 e. The van der Waals surface area contributed by atoms with E-state index in [0.717, 1.165) is 12.7 Å². The number of hydrogen-bond donors (Lipinski definition) is 0. The van der Waals surface area contributed by atoms with Gasteiger partial charge in [-0.3, -0.25) is 0 Å². The average molecular weight is 313 g/mol. The molecule has 0 amide bonds. The summed E-state index contributed by atoms with van der Waals surface area (Å²) in [5, 5.41) is 2.80. The normalized spacial score (nSPS) is 11.6. The number of unbranched alkanes of at least 4 members (excludes halogenated alkanes) is 1. The maximum absolute atomic E-state index is 6.52. The third-order valence-corrected chi connectivity index (χ3v) is 8.68. The molecule has 0 radical (unpaired) electrons. The zero-order chi connectivity index (χ0) is 16.0. The second kappa shape index (κ2) is 7.75.